The highest BCUT2D eigenvalue weighted by atomic mass is 32.2. The summed E-state index contributed by atoms with van der Waals surface area (Å²) < 4.78 is 2.32. The van der Waals surface area contributed by atoms with Crippen LogP contribution in [0, 0.1) is 0 Å². The third-order valence-electron chi connectivity index (χ3n) is 1.92. The van der Waals surface area contributed by atoms with E-state index in [1.165, 1.54) is 11.8 Å². The molecule has 78 valence electrons. The van der Waals surface area contributed by atoms with Gasteiger partial charge in [-0.3, -0.25) is 9.48 Å². The largest absolute Gasteiger partial charge is 0.307 e. The molecule has 1 aliphatic rings. The first-order valence-corrected chi connectivity index (χ1v) is 5.69. The number of aromatic nitrogens is 2. The molecule has 1 aromatic rings. The number of nitrogens with zero attached hydrogens (tertiary/aromatic N) is 2. The van der Waals surface area contributed by atoms with Crippen LogP contribution in [0.5, 0.6) is 0 Å². The second-order valence-electron chi connectivity index (χ2n) is 2.98. The van der Waals surface area contributed by atoms with Crippen LogP contribution in [0.1, 0.15) is 12.5 Å². The molecule has 15 heavy (non-hydrogen) atoms. The standard InChI is InChI=1S/C9H9N3OS2/c1-2-12-5-6(4-10-12)3-7-8(13)11-9(14)15-7/h3-5H,2H2,1H3,(H,11,13,14). The molecule has 1 saturated heterocycles. The Bertz CT molecular complexity index is 450. The molecule has 0 bridgehead atoms. The van der Waals surface area contributed by atoms with Crippen molar-refractivity contribution in [3.05, 3.63) is 22.9 Å². The lowest BCUT2D eigenvalue weighted by molar-refractivity contribution is -0.115. The van der Waals surface area contributed by atoms with E-state index in [1.807, 2.05) is 17.8 Å². The fourth-order valence-electron chi connectivity index (χ4n) is 1.20. The van der Waals surface area contributed by atoms with Crippen LogP contribution < -0.4 is 5.32 Å². The second kappa shape index (κ2) is 4.16. The molecule has 1 fully saturated rings. The molecule has 0 saturated carbocycles. The summed E-state index contributed by atoms with van der Waals surface area (Å²) in [6, 6.07) is 0. The Morgan fingerprint density at radius 2 is 2.53 bits per heavy atom. The lowest BCUT2D eigenvalue weighted by atomic mass is 10.3. The third kappa shape index (κ3) is 2.27. The molecule has 1 aromatic heterocycles. The summed E-state index contributed by atoms with van der Waals surface area (Å²) >= 11 is 6.17. The van der Waals surface area contributed by atoms with Gasteiger partial charge in [-0.15, -0.1) is 0 Å². The maximum absolute atomic E-state index is 11.4. The van der Waals surface area contributed by atoms with E-state index in [2.05, 4.69) is 10.4 Å². The van der Waals surface area contributed by atoms with Crippen LogP contribution in [-0.2, 0) is 11.3 Å². The Hall–Kier alpha value is -1.14. The first kappa shape index (κ1) is 10.4. The number of amides is 1. The summed E-state index contributed by atoms with van der Waals surface area (Å²) in [5.74, 6) is -0.130. The molecule has 0 radical (unpaired) electrons. The highest BCUT2D eigenvalue weighted by Gasteiger charge is 2.21. The van der Waals surface area contributed by atoms with Crippen LogP contribution in [-0.4, -0.2) is 20.0 Å². The third-order valence-corrected chi connectivity index (χ3v) is 3.08. The maximum atomic E-state index is 11.4. The minimum atomic E-state index is -0.130. The smallest absolute Gasteiger partial charge is 0.263 e. The highest BCUT2D eigenvalue weighted by Crippen LogP contribution is 2.25. The van der Waals surface area contributed by atoms with Gasteiger partial charge in [-0.1, -0.05) is 24.0 Å². The van der Waals surface area contributed by atoms with E-state index in [1.54, 1.807) is 12.3 Å². The molecule has 2 heterocycles. The van der Waals surface area contributed by atoms with Crippen molar-refractivity contribution in [2.75, 3.05) is 0 Å². The molecule has 1 aliphatic heterocycles. The first-order valence-electron chi connectivity index (χ1n) is 4.46. The predicted octanol–water partition coefficient (Wildman–Crippen LogP) is 1.39. The number of hydrogen-bond donors (Lipinski definition) is 1. The van der Waals surface area contributed by atoms with Gasteiger partial charge in [0.15, 0.2) is 0 Å². The van der Waals surface area contributed by atoms with Crippen molar-refractivity contribution >= 4 is 40.3 Å². The number of rotatable bonds is 2. The van der Waals surface area contributed by atoms with Crippen LogP contribution in [0.25, 0.3) is 6.08 Å². The van der Waals surface area contributed by atoms with Crippen molar-refractivity contribution in [3.63, 3.8) is 0 Å². The molecule has 0 aliphatic carbocycles. The van der Waals surface area contributed by atoms with E-state index in [4.69, 9.17) is 12.2 Å². The number of thiocarbonyl (C=S) groups is 1. The van der Waals surface area contributed by atoms with Gasteiger partial charge in [0.2, 0.25) is 0 Å². The average Bonchev–Trinajstić information content (AvgIpc) is 2.75. The number of carbonyl (C=O) groups is 1. The summed E-state index contributed by atoms with van der Waals surface area (Å²) in [6.07, 6.45) is 5.41. The zero-order valence-electron chi connectivity index (χ0n) is 8.06. The number of carbonyl (C=O) groups excluding carboxylic acids is 1. The lowest BCUT2D eigenvalue weighted by Gasteiger charge is -1.90. The van der Waals surface area contributed by atoms with Crippen molar-refractivity contribution in [1.82, 2.24) is 15.1 Å². The summed E-state index contributed by atoms with van der Waals surface area (Å²) in [5, 5.41) is 6.69. The summed E-state index contributed by atoms with van der Waals surface area (Å²) in [7, 11) is 0. The number of aryl methyl sites for hydroxylation is 1. The molecule has 2 rings (SSSR count). The fraction of sp³-hybridized carbons (Fsp3) is 0.222. The van der Waals surface area contributed by atoms with Gasteiger partial charge in [0.25, 0.3) is 5.91 Å². The Balaban J connectivity index is 2.22. The Morgan fingerprint density at radius 3 is 3.07 bits per heavy atom. The van der Waals surface area contributed by atoms with Crippen molar-refractivity contribution in [2.24, 2.45) is 0 Å². The molecular weight excluding hydrogens is 230 g/mol. The van der Waals surface area contributed by atoms with Crippen LogP contribution in [0.2, 0.25) is 0 Å². The quantitative estimate of drug-likeness (QED) is 0.626. The summed E-state index contributed by atoms with van der Waals surface area (Å²) in [5.41, 5.74) is 0.916. The van der Waals surface area contributed by atoms with Crippen LogP contribution >= 0.6 is 24.0 Å². The number of thioether (sulfide) groups is 1. The van der Waals surface area contributed by atoms with E-state index in [0.717, 1.165) is 12.1 Å². The van der Waals surface area contributed by atoms with Gasteiger partial charge in [-0.25, -0.2) is 0 Å². The molecule has 0 atom stereocenters. The molecule has 1 amide bonds. The Kier molecular flexibility index (Phi) is 2.88. The number of hydrogen-bond acceptors (Lipinski definition) is 4. The first-order chi connectivity index (χ1) is 7.19. The Morgan fingerprint density at radius 1 is 1.73 bits per heavy atom. The van der Waals surface area contributed by atoms with Crippen molar-refractivity contribution < 1.29 is 4.79 Å². The summed E-state index contributed by atoms with van der Waals surface area (Å²) in [4.78, 5) is 12.0. The van der Waals surface area contributed by atoms with Gasteiger partial charge >= 0.3 is 0 Å². The fourth-order valence-corrected chi connectivity index (χ4v) is 2.24. The van der Waals surface area contributed by atoms with E-state index in [9.17, 15) is 4.79 Å². The summed E-state index contributed by atoms with van der Waals surface area (Å²) in [6.45, 7) is 2.83. The van der Waals surface area contributed by atoms with Gasteiger partial charge in [-0.2, -0.15) is 5.10 Å². The molecule has 0 aromatic carbocycles. The van der Waals surface area contributed by atoms with Gasteiger partial charge in [0.05, 0.1) is 11.1 Å². The minimum absolute atomic E-state index is 0.130. The maximum Gasteiger partial charge on any atom is 0.263 e. The zero-order chi connectivity index (χ0) is 10.8. The molecular formula is C9H9N3OS2. The second-order valence-corrected chi connectivity index (χ2v) is 4.70. The van der Waals surface area contributed by atoms with Gasteiger partial charge in [0.1, 0.15) is 4.32 Å². The lowest BCUT2D eigenvalue weighted by Crippen LogP contribution is -2.17. The van der Waals surface area contributed by atoms with Crippen LogP contribution in [0.3, 0.4) is 0 Å². The monoisotopic (exact) mass is 239 g/mol. The molecule has 4 nitrogen and oxygen atoms in total. The zero-order valence-corrected chi connectivity index (χ0v) is 9.69. The van der Waals surface area contributed by atoms with Gasteiger partial charge < -0.3 is 5.32 Å². The molecule has 1 N–H and O–H groups in total. The minimum Gasteiger partial charge on any atom is -0.307 e. The van der Waals surface area contributed by atoms with Crippen molar-refractivity contribution in [3.8, 4) is 0 Å². The van der Waals surface area contributed by atoms with Gasteiger partial charge in [0, 0.05) is 18.3 Å². The SMILES string of the molecule is CCn1cc(C=C2SC(=S)NC2=O)cn1. The van der Waals surface area contributed by atoms with Crippen LogP contribution in [0.4, 0.5) is 0 Å². The van der Waals surface area contributed by atoms with E-state index < -0.39 is 0 Å². The Labute approximate surface area is 96.7 Å². The van der Waals surface area contributed by atoms with Crippen LogP contribution in [0.15, 0.2) is 17.3 Å². The average molecular weight is 239 g/mol. The molecule has 6 heteroatoms. The molecule has 0 spiro atoms. The van der Waals surface area contributed by atoms with E-state index >= 15 is 0 Å². The molecule has 0 unspecified atom stereocenters. The van der Waals surface area contributed by atoms with Crippen molar-refractivity contribution in [2.45, 2.75) is 13.5 Å². The van der Waals surface area contributed by atoms with Gasteiger partial charge in [-0.05, 0) is 13.0 Å². The topological polar surface area (TPSA) is 46.9 Å². The van der Waals surface area contributed by atoms with Crippen molar-refractivity contribution in [1.29, 1.82) is 0 Å². The predicted molar refractivity (Wildman–Crippen MR) is 64.2 cm³/mol. The number of nitrogens with one attached hydrogen (secondary N) is 1. The van der Waals surface area contributed by atoms with E-state index in [0.29, 0.717) is 9.23 Å². The van der Waals surface area contributed by atoms with E-state index in [-0.39, 0.29) is 5.91 Å². The normalized spacial score (nSPS) is 18.6. The highest BCUT2D eigenvalue weighted by molar-refractivity contribution is 8.26.